The third kappa shape index (κ3) is 4.73. The summed E-state index contributed by atoms with van der Waals surface area (Å²) in [6, 6.07) is 10.6. The number of benzene rings is 1. The summed E-state index contributed by atoms with van der Waals surface area (Å²) in [5.74, 6) is 0.222. The van der Waals surface area contributed by atoms with Gasteiger partial charge in [-0.2, -0.15) is 0 Å². The molecule has 1 aromatic rings. The van der Waals surface area contributed by atoms with Gasteiger partial charge in [-0.1, -0.05) is 36.8 Å². The molecule has 138 valence electrons. The molecule has 0 radical (unpaired) electrons. The Hall–Kier alpha value is -1.59. The van der Waals surface area contributed by atoms with Crippen molar-refractivity contribution in [1.82, 2.24) is 15.1 Å². The van der Waals surface area contributed by atoms with Crippen LogP contribution in [0.25, 0.3) is 0 Å². The van der Waals surface area contributed by atoms with E-state index < -0.39 is 0 Å². The number of amides is 2. The van der Waals surface area contributed by atoms with Crippen molar-refractivity contribution >= 4 is 6.03 Å². The molecule has 0 spiro atoms. The van der Waals surface area contributed by atoms with Gasteiger partial charge in [0, 0.05) is 26.1 Å². The predicted octanol–water partition coefficient (Wildman–Crippen LogP) is 2.63. The fourth-order valence-electron chi connectivity index (χ4n) is 4.17. The Balaban J connectivity index is 1.55. The van der Waals surface area contributed by atoms with Gasteiger partial charge in [0.2, 0.25) is 0 Å². The lowest BCUT2D eigenvalue weighted by Gasteiger charge is -2.30. The van der Waals surface area contributed by atoms with E-state index in [1.807, 2.05) is 13.1 Å². The Kier molecular flexibility index (Phi) is 6.32. The number of hydrogen-bond donors (Lipinski definition) is 2. The minimum absolute atomic E-state index is 0.0424. The Bertz CT molecular complexity index is 545. The van der Waals surface area contributed by atoms with Gasteiger partial charge in [-0.15, -0.1) is 0 Å². The van der Waals surface area contributed by atoms with Crippen molar-refractivity contribution in [1.29, 1.82) is 0 Å². The van der Waals surface area contributed by atoms with Crippen LogP contribution >= 0.6 is 0 Å². The molecule has 25 heavy (non-hydrogen) atoms. The molecule has 2 amide bonds. The number of nitrogens with zero attached hydrogens (tertiary/aromatic N) is 2. The van der Waals surface area contributed by atoms with Crippen LogP contribution in [0.1, 0.15) is 43.7 Å². The van der Waals surface area contributed by atoms with E-state index in [2.05, 4.69) is 34.5 Å². The van der Waals surface area contributed by atoms with Crippen molar-refractivity contribution in [3.63, 3.8) is 0 Å². The van der Waals surface area contributed by atoms with Crippen LogP contribution in [-0.2, 0) is 0 Å². The highest BCUT2D eigenvalue weighted by Gasteiger charge is 2.28. The van der Waals surface area contributed by atoms with Crippen molar-refractivity contribution in [3.05, 3.63) is 35.9 Å². The van der Waals surface area contributed by atoms with Crippen LogP contribution in [0.2, 0.25) is 0 Å². The van der Waals surface area contributed by atoms with E-state index in [-0.39, 0.29) is 24.1 Å². The molecule has 0 aromatic heterocycles. The first-order chi connectivity index (χ1) is 12.1. The van der Waals surface area contributed by atoms with Crippen LogP contribution in [0, 0.1) is 5.92 Å². The lowest BCUT2D eigenvalue weighted by molar-refractivity contribution is 0.113. The van der Waals surface area contributed by atoms with Crippen molar-refractivity contribution in [3.8, 4) is 0 Å². The summed E-state index contributed by atoms with van der Waals surface area (Å²) in [6.07, 6.45) is 5.15. The Morgan fingerprint density at radius 2 is 1.96 bits per heavy atom. The molecule has 5 heteroatoms. The molecule has 2 N–H and O–H groups in total. The molecule has 0 bridgehead atoms. The van der Waals surface area contributed by atoms with Gasteiger partial charge in [-0.05, 0) is 44.3 Å². The number of urea groups is 1. The van der Waals surface area contributed by atoms with Gasteiger partial charge in [-0.3, -0.25) is 4.90 Å². The predicted molar refractivity (Wildman–Crippen MR) is 99.4 cm³/mol. The lowest BCUT2D eigenvalue weighted by atomic mass is 10.1. The number of aliphatic hydroxyl groups is 1. The molecule has 1 aliphatic heterocycles. The molecule has 3 atom stereocenters. The average molecular weight is 345 g/mol. The summed E-state index contributed by atoms with van der Waals surface area (Å²) < 4.78 is 0. The van der Waals surface area contributed by atoms with E-state index in [4.69, 9.17) is 0 Å². The van der Waals surface area contributed by atoms with E-state index in [9.17, 15) is 9.90 Å². The van der Waals surface area contributed by atoms with Crippen molar-refractivity contribution in [2.24, 2.45) is 5.92 Å². The first-order valence-corrected chi connectivity index (χ1v) is 9.61. The monoisotopic (exact) mass is 345 g/mol. The molecule has 2 aliphatic rings. The number of hydrogen-bond acceptors (Lipinski definition) is 3. The van der Waals surface area contributed by atoms with Crippen molar-refractivity contribution in [2.45, 2.75) is 44.2 Å². The standard InChI is InChI=1S/C20H31N3O2/c1-22(15-17-10-7-11-19(17)24)20(25)21-14-18(23-12-5-6-13-23)16-8-3-2-4-9-16/h2-4,8-9,17-19,24H,5-7,10-15H2,1H3,(H,21,25). The SMILES string of the molecule is CN(CC1CCCC1O)C(=O)NCC(c1ccccc1)N1CCCC1. The van der Waals surface area contributed by atoms with Crippen molar-refractivity contribution in [2.75, 3.05) is 33.2 Å². The highest BCUT2D eigenvalue weighted by molar-refractivity contribution is 5.73. The van der Waals surface area contributed by atoms with Crippen LogP contribution in [0.5, 0.6) is 0 Å². The topological polar surface area (TPSA) is 55.8 Å². The van der Waals surface area contributed by atoms with Gasteiger partial charge < -0.3 is 15.3 Å². The molecule has 1 aromatic carbocycles. The van der Waals surface area contributed by atoms with Crippen LogP contribution in [0.3, 0.4) is 0 Å². The quantitative estimate of drug-likeness (QED) is 0.833. The molecular weight excluding hydrogens is 314 g/mol. The van der Waals surface area contributed by atoms with Gasteiger partial charge >= 0.3 is 6.03 Å². The van der Waals surface area contributed by atoms with Crippen LogP contribution in [-0.4, -0.2) is 60.3 Å². The molecule has 1 aliphatic carbocycles. The van der Waals surface area contributed by atoms with Gasteiger partial charge in [0.1, 0.15) is 0 Å². The first kappa shape index (κ1) is 18.2. The second kappa shape index (κ2) is 8.68. The van der Waals surface area contributed by atoms with E-state index in [0.717, 1.165) is 32.4 Å². The lowest BCUT2D eigenvalue weighted by Crippen LogP contribution is -2.44. The largest absolute Gasteiger partial charge is 0.393 e. The molecule has 1 heterocycles. The smallest absolute Gasteiger partial charge is 0.317 e. The Labute approximate surface area is 151 Å². The second-order valence-electron chi connectivity index (χ2n) is 7.49. The number of aliphatic hydroxyl groups excluding tert-OH is 1. The number of nitrogens with one attached hydrogen (secondary N) is 1. The van der Waals surface area contributed by atoms with E-state index in [0.29, 0.717) is 13.1 Å². The van der Waals surface area contributed by atoms with E-state index >= 15 is 0 Å². The third-order valence-corrected chi connectivity index (χ3v) is 5.69. The van der Waals surface area contributed by atoms with E-state index in [1.54, 1.807) is 4.90 Å². The zero-order valence-electron chi connectivity index (χ0n) is 15.2. The van der Waals surface area contributed by atoms with E-state index in [1.165, 1.54) is 18.4 Å². The molecule has 1 saturated carbocycles. The van der Waals surface area contributed by atoms with Crippen LogP contribution in [0.4, 0.5) is 4.79 Å². The summed E-state index contributed by atoms with van der Waals surface area (Å²) in [6.45, 7) is 3.45. The fraction of sp³-hybridized carbons (Fsp3) is 0.650. The van der Waals surface area contributed by atoms with Gasteiger partial charge in [0.25, 0.3) is 0 Å². The van der Waals surface area contributed by atoms with Gasteiger partial charge in [-0.25, -0.2) is 4.79 Å². The molecule has 3 unspecified atom stereocenters. The number of carbonyl (C=O) groups is 1. The first-order valence-electron chi connectivity index (χ1n) is 9.61. The summed E-state index contributed by atoms with van der Waals surface area (Å²) in [5.41, 5.74) is 1.26. The average Bonchev–Trinajstić information content (AvgIpc) is 3.28. The molecule has 3 rings (SSSR count). The highest BCUT2D eigenvalue weighted by Crippen LogP contribution is 2.26. The minimum Gasteiger partial charge on any atom is -0.393 e. The number of carbonyl (C=O) groups excluding carboxylic acids is 1. The molecule has 5 nitrogen and oxygen atoms in total. The highest BCUT2D eigenvalue weighted by atomic mass is 16.3. The fourth-order valence-corrected chi connectivity index (χ4v) is 4.17. The summed E-state index contributed by atoms with van der Waals surface area (Å²) in [5, 5.41) is 13.1. The molecular formula is C20H31N3O2. The number of likely N-dealkylation sites (tertiary alicyclic amines) is 1. The summed E-state index contributed by atoms with van der Waals surface area (Å²) in [4.78, 5) is 16.7. The Morgan fingerprint density at radius 3 is 2.60 bits per heavy atom. The zero-order valence-corrected chi connectivity index (χ0v) is 15.2. The van der Waals surface area contributed by atoms with Crippen LogP contribution in [0.15, 0.2) is 30.3 Å². The maximum Gasteiger partial charge on any atom is 0.317 e. The zero-order chi connectivity index (χ0) is 17.6. The normalized spacial score (nSPS) is 25.0. The minimum atomic E-state index is -0.253. The van der Waals surface area contributed by atoms with Gasteiger partial charge in [0.05, 0.1) is 12.1 Å². The van der Waals surface area contributed by atoms with Crippen molar-refractivity contribution < 1.29 is 9.90 Å². The molecule has 1 saturated heterocycles. The third-order valence-electron chi connectivity index (χ3n) is 5.69. The summed E-state index contributed by atoms with van der Waals surface area (Å²) in [7, 11) is 1.83. The Morgan fingerprint density at radius 1 is 1.24 bits per heavy atom. The second-order valence-corrected chi connectivity index (χ2v) is 7.49. The van der Waals surface area contributed by atoms with Crippen LogP contribution < -0.4 is 5.32 Å². The maximum atomic E-state index is 12.5. The maximum absolute atomic E-state index is 12.5. The van der Waals surface area contributed by atoms with Gasteiger partial charge in [0.15, 0.2) is 0 Å². The number of rotatable bonds is 6. The molecule has 2 fully saturated rings. The summed E-state index contributed by atoms with van der Waals surface area (Å²) >= 11 is 0.